The van der Waals surface area contributed by atoms with Crippen LogP contribution in [-0.2, 0) is 13.0 Å². The summed E-state index contributed by atoms with van der Waals surface area (Å²) in [5.74, 6) is 0. The van der Waals surface area contributed by atoms with Crippen molar-refractivity contribution >= 4 is 0 Å². The van der Waals surface area contributed by atoms with Gasteiger partial charge in [-0.3, -0.25) is 4.68 Å². The fourth-order valence-electron chi connectivity index (χ4n) is 1.15. The second-order valence-electron chi connectivity index (χ2n) is 3.07. The van der Waals surface area contributed by atoms with E-state index in [1.165, 1.54) is 5.56 Å². The summed E-state index contributed by atoms with van der Waals surface area (Å²) < 4.78 is 1.97. The van der Waals surface area contributed by atoms with Crippen molar-refractivity contribution in [2.45, 2.75) is 13.0 Å². The maximum Gasteiger partial charge on any atom is 0.0533 e. The van der Waals surface area contributed by atoms with Gasteiger partial charge in [0, 0.05) is 12.7 Å². The minimum absolute atomic E-state index is 0.941. The first-order valence-corrected chi connectivity index (χ1v) is 4.67. The Labute approximate surface area is 79.3 Å². The summed E-state index contributed by atoms with van der Waals surface area (Å²) >= 11 is 0. The van der Waals surface area contributed by atoms with Gasteiger partial charge in [0.1, 0.15) is 0 Å². The van der Waals surface area contributed by atoms with Gasteiger partial charge in [-0.2, -0.15) is 5.10 Å². The van der Waals surface area contributed by atoms with Gasteiger partial charge in [0.15, 0.2) is 0 Å². The summed E-state index contributed by atoms with van der Waals surface area (Å²) in [6.45, 7) is 2.92. The molecule has 0 radical (unpaired) electrons. The minimum atomic E-state index is 0.941. The van der Waals surface area contributed by atoms with Crippen molar-refractivity contribution in [3.63, 3.8) is 0 Å². The van der Waals surface area contributed by atoms with Gasteiger partial charge in [0.25, 0.3) is 0 Å². The van der Waals surface area contributed by atoms with Gasteiger partial charge < -0.3 is 10.6 Å². The number of hydrogen-bond donors (Lipinski definition) is 2. The zero-order valence-electron chi connectivity index (χ0n) is 8.38. The summed E-state index contributed by atoms with van der Waals surface area (Å²) in [4.78, 5) is 0. The molecule has 4 nitrogen and oxygen atoms in total. The van der Waals surface area contributed by atoms with Crippen molar-refractivity contribution in [3.05, 3.63) is 18.0 Å². The Bertz CT molecular complexity index is 209. The molecule has 0 fully saturated rings. The van der Waals surface area contributed by atoms with Crippen LogP contribution in [0.3, 0.4) is 0 Å². The fourth-order valence-corrected chi connectivity index (χ4v) is 1.15. The van der Waals surface area contributed by atoms with Crippen molar-refractivity contribution in [1.82, 2.24) is 20.4 Å². The van der Waals surface area contributed by atoms with E-state index in [-0.39, 0.29) is 0 Å². The van der Waals surface area contributed by atoms with Gasteiger partial charge in [0.2, 0.25) is 0 Å². The summed E-state index contributed by atoms with van der Waals surface area (Å²) in [5.41, 5.74) is 1.30. The van der Waals surface area contributed by atoms with E-state index in [1.807, 2.05) is 25.0 Å². The highest BCUT2D eigenvalue weighted by Gasteiger charge is 1.96. The standard InChI is InChI=1S/C9H18N4/c1-10-4-3-9-7-12-13(8-9)6-5-11-2/h7-8,10-11H,3-6H2,1-2H3. The zero-order chi connectivity index (χ0) is 9.52. The highest BCUT2D eigenvalue weighted by atomic mass is 15.3. The Hall–Kier alpha value is -0.870. The lowest BCUT2D eigenvalue weighted by molar-refractivity contribution is 0.584. The first-order chi connectivity index (χ1) is 6.36. The van der Waals surface area contributed by atoms with Crippen LogP contribution in [0.5, 0.6) is 0 Å². The Morgan fingerprint density at radius 3 is 2.77 bits per heavy atom. The van der Waals surface area contributed by atoms with Crippen molar-refractivity contribution in [3.8, 4) is 0 Å². The third-order valence-corrected chi connectivity index (χ3v) is 1.94. The van der Waals surface area contributed by atoms with Gasteiger partial charge in [-0.1, -0.05) is 0 Å². The molecule has 74 valence electrons. The maximum atomic E-state index is 4.26. The third-order valence-electron chi connectivity index (χ3n) is 1.94. The van der Waals surface area contributed by atoms with Gasteiger partial charge in [-0.25, -0.2) is 0 Å². The first-order valence-electron chi connectivity index (χ1n) is 4.67. The lowest BCUT2D eigenvalue weighted by atomic mass is 10.2. The Kier molecular flexibility index (Phi) is 4.49. The van der Waals surface area contributed by atoms with E-state index in [9.17, 15) is 0 Å². The highest BCUT2D eigenvalue weighted by molar-refractivity contribution is 5.04. The van der Waals surface area contributed by atoms with Gasteiger partial charge in [-0.05, 0) is 32.6 Å². The Morgan fingerprint density at radius 1 is 1.31 bits per heavy atom. The number of aromatic nitrogens is 2. The molecule has 0 aliphatic rings. The highest BCUT2D eigenvalue weighted by Crippen LogP contribution is 1.97. The lowest BCUT2D eigenvalue weighted by Gasteiger charge is -1.98. The van der Waals surface area contributed by atoms with E-state index in [4.69, 9.17) is 0 Å². The molecule has 0 amide bonds. The molecule has 0 aliphatic carbocycles. The molecule has 0 atom stereocenters. The van der Waals surface area contributed by atoms with Crippen LogP contribution in [0.2, 0.25) is 0 Å². The predicted molar refractivity (Wildman–Crippen MR) is 53.8 cm³/mol. The molecule has 1 aromatic rings. The van der Waals surface area contributed by atoms with Crippen LogP contribution in [0.25, 0.3) is 0 Å². The van der Waals surface area contributed by atoms with Crippen LogP contribution in [0.15, 0.2) is 12.4 Å². The van der Waals surface area contributed by atoms with Crippen molar-refractivity contribution < 1.29 is 0 Å². The molecule has 0 saturated carbocycles. The Balaban J connectivity index is 2.34. The third kappa shape index (κ3) is 3.57. The molecule has 4 heteroatoms. The quantitative estimate of drug-likeness (QED) is 0.643. The van der Waals surface area contributed by atoms with Crippen molar-refractivity contribution in [2.24, 2.45) is 0 Å². The molecule has 0 saturated heterocycles. The van der Waals surface area contributed by atoms with E-state index in [0.29, 0.717) is 0 Å². The zero-order valence-corrected chi connectivity index (χ0v) is 8.38. The van der Waals surface area contributed by atoms with Crippen LogP contribution < -0.4 is 10.6 Å². The molecule has 1 heterocycles. The molecular weight excluding hydrogens is 164 g/mol. The van der Waals surface area contributed by atoms with E-state index < -0.39 is 0 Å². The number of nitrogens with one attached hydrogen (secondary N) is 2. The molecule has 13 heavy (non-hydrogen) atoms. The molecule has 1 aromatic heterocycles. The molecule has 0 aliphatic heterocycles. The molecule has 0 bridgehead atoms. The van der Waals surface area contributed by atoms with E-state index >= 15 is 0 Å². The summed E-state index contributed by atoms with van der Waals surface area (Å²) in [5, 5.41) is 10.5. The maximum absolute atomic E-state index is 4.26. The second-order valence-corrected chi connectivity index (χ2v) is 3.07. The normalized spacial score (nSPS) is 10.6. The van der Waals surface area contributed by atoms with Gasteiger partial charge >= 0.3 is 0 Å². The second kappa shape index (κ2) is 5.72. The van der Waals surface area contributed by atoms with Crippen molar-refractivity contribution in [2.75, 3.05) is 27.2 Å². The molecule has 2 N–H and O–H groups in total. The topological polar surface area (TPSA) is 41.9 Å². The molecular formula is C9H18N4. The average molecular weight is 182 g/mol. The molecule has 0 unspecified atom stereocenters. The van der Waals surface area contributed by atoms with E-state index in [1.54, 1.807) is 0 Å². The van der Waals surface area contributed by atoms with E-state index in [2.05, 4.69) is 21.9 Å². The van der Waals surface area contributed by atoms with Crippen LogP contribution in [0.1, 0.15) is 5.56 Å². The molecule has 0 spiro atoms. The smallest absolute Gasteiger partial charge is 0.0533 e. The SMILES string of the molecule is CNCCc1cnn(CCNC)c1. The Morgan fingerprint density at radius 2 is 2.08 bits per heavy atom. The lowest BCUT2D eigenvalue weighted by Crippen LogP contribution is -2.15. The predicted octanol–water partition coefficient (Wildman–Crippen LogP) is -0.136. The van der Waals surface area contributed by atoms with Gasteiger partial charge in [0.05, 0.1) is 12.7 Å². The fraction of sp³-hybridized carbons (Fsp3) is 0.667. The van der Waals surface area contributed by atoms with Crippen LogP contribution >= 0.6 is 0 Å². The largest absolute Gasteiger partial charge is 0.319 e. The first kappa shape index (κ1) is 10.2. The summed E-state index contributed by atoms with van der Waals surface area (Å²) in [6.07, 6.45) is 5.09. The number of hydrogen-bond acceptors (Lipinski definition) is 3. The van der Waals surface area contributed by atoms with Gasteiger partial charge in [-0.15, -0.1) is 0 Å². The minimum Gasteiger partial charge on any atom is -0.319 e. The molecule has 1 rings (SSSR count). The van der Waals surface area contributed by atoms with Crippen LogP contribution in [0.4, 0.5) is 0 Å². The number of nitrogens with zero attached hydrogens (tertiary/aromatic N) is 2. The summed E-state index contributed by atoms with van der Waals surface area (Å²) in [6, 6.07) is 0. The summed E-state index contributed by atoms with van der Waals surface area (Å²) in [7, 11) is 3.91. The van der Waals surface area contributed by atoms with E-state index in [0.717, 1.165) is 26.1 Å². The number of rotatable bonds is 6. The van der Waals surface area contributed by atoms with Crippen LogP contribution in [0, 0.1) is 0 Å². The monoisotopic (exact) mass is 182 g/mol. The number of likely N-dealkylation sites (N-methyl/N-ethyl adjacent to an activating group) is 2. The van der Waals surface area contributed by atoms with Crippen LogP contribution in [-0.4, -0.2) is 37.0 Å². The van der Waals surface area contributed by atoms with Crippen molar-refractivity contribution in [1.29, 1.82) is 0 Å². The molecule has 0 aromatic carbocycles. The average Bonchev–Trinajstić information content (AvgIpc) is 2.59.